The Hall–Kier alpha value is -0.610. The topological polar surface area (TPSA) is 50.9 Å². The van der Waals surface area contributed by atoms with Gasteiger partial charge in [0.2, 0.25) is 0 Å². The van der Waals surface area contributed by atoms with Gasteiger partial charge in [-0.3, -0.25) is 0 Å². The lowest BCUT2D eigenvalue weighted by Crippen LogP contribution is -2.25. The third-order valence-electron chi connectivity index (χ3n) is 2.47. The molecule has 0 radical (unpaired) electrons. The summed E-state index contributed by atoms with van der Waals surface area (Å²) in [6.07, 6.45) is 7.12. The average molecular weight is 197 g/mol. The summed E-state index contributed by atoms with van der Waals surface area (Å²) in [6.45, 7) is 0.881. The zero-order valence-corrected chi connectivity index (χ0v) is 8.44. The van der Waals surface area contributed by atoms with Gasteiger partial charge in [-0.15, -0.1) is 11.3 Å². The molecular formula is C9H15N3S. The van der Waals surface area contributed by atoms with Gasteiger partial charge in [-0.05, 0) is 12.8 Å². The van der Waals surface area contributed by atoms with Crippen molar-refractivity contribution in [3.8, 4) is 0 Å². The van der Waals surface area contributed by atoms with Crippen LogP contribution in [0, 0.1) is 0 Å². The van der Waals surface area contributed by atoms with Crippen molar-refractivity contribution in [2.75, 3.05) is 5.73 Å². The van der Waals surface area contributed by atoms with Gasteiger partial charge < -0.3 is 11.1 Å². The highest BCUT2D eigenvalue weighted by atomic mass is 32.1. The zero-order chi connectivity index (χ0) is 9.10. The van der Waals surface area contributed by atoms with Crippen LogP contribution in [0.15, 0.2) is 6.20 Å². The van der Waals surface area contributed by atoms with Crippen LogP contribution in [0.4, 0.5) is 5.00 Å². The second-order valence-corrected chi connectivity index (χ2v) is 4.67. The first-order valence-electron chi connectivity index (χ1n) is 4.78. The number of nitrogens with one attached hydrogen (secondary N) is 1. The van der Waals surface area contributed by atoms with Crippen molar-refractivity contribution in [3.63, 3.8) is 0 Å². The van der Waals surface area contributed by atoms with Gasteiger partial charge in [0, 0.05) is 12.6 Å². The van der Waals surface area contributed by atoms with E-state index in [-0.39, 0.29) is 0 Å². The lowest BCUT2D eigenvalue weighted by atomic mass is 10.2. The Morgan fingerprint density at radius 2 is 2.31 bits per heavy atom. The van der Waals surface area contributed by atoms with Crippen molar-refractivity contribution in [1.29, 1.82) is 0 Å². The molecule has 0 unspecified atom stereocenters. The molecule has 0 atom stereocenters. The predicted octanol–water partition coefficient (Wildman–Crippen LogP) is 1.76. The fourth-order valence-corrected chi connectivity index (χ4v) is 2.41. The molecule has 4 heteroatoms. The number of anilines is 1. The number of hydrogen-bond donors (Lipinski definition) is 2. The molecule has 13 heavy (non-hydrogen) atoms. The quantitative estimate of drug-likeness (QED) is 0.776. The van der Waals surface area contributed by atoms with E-state index in [9.17, 15) is 0 Å². The molecule has 1 aliphatic rings. The number of hydrogen-bond acceptors (Lipinski definition) is 4. The third-order valence-corrected chi connectivity index (χ3v) is 3.30. The highest BCUT2D eigenvalue weighted by Gasteiger charge is 2.14. The summed E-state index contributed by atoms with van der Waals surface area (Å²) in [5.41, 5.74) is 5.59. The van der Waals surface area contributed by atoms with Gasteiger partial charge in [-0.1, -0.05) is 12.8 Å². The lowest BCUT2D eigenvalue weighted by Gasteiger charge is -2.09. The van der Waals surface area contributed by atoms with Crippen LogP contribution in [0.2, 0.25) is 0 Å². The zero-order valence-electron chi connectivity index (χ0n) is 7.62. The maximum absolute atomic E-state index is 5.59. The second kappa shape index (κ2) is 4.07. The van der Waals surface area contributed by atoms with Crippen LogP contribution < -0.4 is 11.1 Å². The van der Waals surface area contributed by atoms with Gasteiger partial charge in [0.05, 0.1) is 6.20 Å². The fraction of sp³-hybridized carbons (Fsp3) is 0.667. The monoisotopic (exact) mass is 197 g/mol. The molecule has 0 amide bonds. The summed E-state index contributed by atoms with van der Waals surface area (Å²) in [7, 11) is 0. The number of thiazole rings is 1. The summed E-state index contributed by atoms with van der Waals surface area (Å²) in [5.74, 6) is 0. The first-order valence-corrected chi connectivity index (χ1v) is 5.60. The van der Waals surface area contributed by atoms with Gasteiger partial charge in [0.15, 0.2) is 0 Å². The summed E-state index contributed by atoms with van der Waals surface area (Å²) in [4.78, 5) is 4.21. The van der Waals surface area contributed by atoms with E-state index in [0.717, 1.165) is 16.6 Å². The van der Waals surface area contributed by atoms with Crippen molar-refractivity contribution in [1.82, 2.24) is 10.3 Å². The van der Waals surface area contributed by atoms with Gasteiger partial charge in [0.1, 0.15) is 10.0 Å². The van der Waals surface area contributed by atoms with Gasteiger partial charge in [-0.2, -0.15) is 0 Å². The van der Waals surface area contributed by atoms with Crippen molar-refractivity contribution < 1.29 is 0 Å². The molecule has 1 heterocycles. The van der Waals surface area contributed by atoms with E-state index in [2.05, 4.69) is 10.3 Å². The summed E-state index contributed by atoms with van der Waals surface area (Å²) >= 11 is 1.58. The van der Waals surface area contributed by atoms with Crippen molar-refractivity contribution in [2.45, 2.75) is 38.3 Å². The average Bonchev–Trinajstić information content (AvgIpc) is 2.71. The Labute approximate surface area is 82.4 Å². The molecule has 0 aliphatic heterocycles. The van der Waals surface area contributed by atoms with Gasteiger partial charge >= 0.3 is 0 Å². The smallest absolute Gasteiger partial charge is 0.108 e. The molecule has 72 valence electrons. The first-order chi connectivity index (χ1) is 6.34. The Bertz CT molecular complexity index is 266. The summed E-state index contributed by atoms with van der Waals surface area (Å²) in [5, 5.41) is 5.41. The van der Waals surface area contributed by atoms with Crippen LogP contribution in [0.25, 0.3) is 0 Å². The van der Waals surface area contributed by atoms with E-state index >= 15 is 0 Å². The van der Waals surface area contributed by atoms with E-state index in [0.29, 0.717) is 6.04 Å². The van der Waals surface area contributed by atoms with Crippen molar-refractivity contribution in [3.05, 3.63) is 11.2 Å². The molecule has 1 saturated carbocycles. The minimum Gasteiger partial charge on any atom is -0.389 e. The molecule has 1 aromatic rings. The van der Waals surface area contributed by atoms with E-state index in [1.807, 2.05) is 0 Å². The molecule has 1 aliphatic carbocycles. The minimum atomic E-state index is 0.713. The molecule has 0 bridgehead atoms. The lowest BCUT2D eigenvalue weighted by molar-refractivity contribution is 0.523. The van der Waals surface area contributed by atoms with Crippen LogP contribution in [0.1, 0.15) is 30.7 Å². The molecule has 1 fully saturated rings. The Balaban J connectivity index is 1.78. The molecule has 0 saturated heterocycles. The molecular weight excluding hydrogens is 182 g/mol. The molecule has 0 aromatic carbocycles. The van der Waals surface area contributed by atoms with E-state index < -0.39 is 0 Å². The molecule has 3 nitrogen and oxygen atoms in total. The number of aromatic nitrogens is 1. The van der Waals surface area contributed by atoms with Gasteiger partial charge in [0.25, 0.3) is 0 Å². The fourth-order valence-electron chi connectivity index (χ4n) is 1.77. The standard InChI is InChI=1S/C9H15N3S/c10-8-5-12-9(13-8)6-11-7-3-1-2-4-7/h5,7,11H,1-4,6,10H2. The van der Waals surface area contributed by atoms with Crippen molar-refractivity contribution in [2.24, 2.45) is 0 Å². The molecule has 1 aromatic heterocycles. The highest BCUT2D eigenvalue weighted by molar-refractivity contribution is 7.15. The first kappa shape index (κ1) is 8.97. The second-order valence-electron chi connectivity index (χ2n) is 3.52. The summed E-state index contributed by atoms with van der Waals surface area (Å²) in [6, 6.07) is 0.713. The number of rotatable bonds is 3. The molecule has 2 rings (SSSR count). The Morgan fingerprint density at radius 1 is 1.54 bits per heavy atom. The van der Waals surface area contributed by atoms with Crippen LogP contribution in [-0.4, -0.2) is 11.0 Å². The predicted molar refractivity (Wildman–Crippen MR) is 55.6 cm³/mol. The maximum atomic E-state index is 5.59. The van der Waals surface area contributed by atoms with E-state index in [1.165, 1.54) is 25.7 Å². The number of nitrogens with zero attached hydrogens (tertiary/aromatic N) is 1. The largest absolute Gasteiger partial charge is 0.389 e. The number of nitrogen functional groups attached to an aromatic ring is 1. The molecule has 3 N–H and O–H groups in total. The van der Waals surface area contributed by atoms with Gasteiger partial charge in [-0.25, -0.2) is 4.98 Å². The number of nitrogens with two attached hydrogens (primary N) is 1. The SMILES string of the molecule is Nc1cnc(CNC2CCCC2)s1. The highest BCUT2D eigenvalue weighted by Crippen LogP contribution is 2.19. The van der Waals surface area contributed by atoms with E-state index in [1.54, 1.807) is 17.5 Å². The van der Waals surface area contributed by atoms with Crippen LogP contribution in [-0.2, 0) is 6.54 Å². The van der Waals surface area contributed by atoms with E-state index in [4.69, 9.17) is 5.73 Å². The van der Waals surface area contributed by atoms with Crippen LogP contribution >= 0.6 is 11.3 Å². The summed E-state index contributed by atoms with van der Waals surface area (Å²) < 4.78 is 0. The van der Waals surface area contributed by atoms with Crippen LogP contribution in [0.3, 0.4) is 0 Å². The third kappa shape index (κ3) is 2.42. The minimum absolute atomic E-state index is 0.713. The maximum Gasteiger partial charge on any atom is 0.108 e. The van der Waals surface area contributed by atoms with Crippen LogP contribution in [0.5, 0.6) is 0 Å². The Morgan fingerprint density at radius 3 is 2.92 bits per heavy atom. The Kier molecular flexibility index (Phi) is 2.80. The molecule has 0 spiro atoms. The van der Waals surface area contributed by atoms with Crippen molar-refractivity contribution >= 4 is 16.3 Å². The normalized spacial score (nSPS) is 18.2.